The molecule has 80 heavy (non-hydrogen) atoms. The van der Waals surface area contributed by atoms with Crippen LogP contribution in [0.15, 0.2) is 152 Å². The molecule has 0 aliphatic heterocycles. The summed E-state index contributed by atoms with van der Waals surface area (Å²) in [6, 6.07) is 21.3. The lowest BCUT2D eigenvalue weighted by Gasteiger charge is -2.38. The summed E-state index contributed by atoms with van der Waals surface area (Å²) in [7, 11) is 1.15. The molecule has 8 N–H and O–H groups in total. The van der Waals surface area contributed by atoms with E-state index in [-0.39, 0.29) is 40.0 Å². The molecule has 25 heteroatoms. The van der Waals surface area contributed by atoms with Crippen molar-refractivity contribution in [3.8, 4) is 34.5 Å². The van der Waals surface area contributed by atoms with Crippen molar-refractivity contribution in [3.05, 3.63) is 191 Å². The molecule has 0 radical (unpaired) electrons. The minimum absolute atomic E-state index is 0.00183. The van der Waals surface area contributed by atoms with Gasteiger partial charge >= 0.3 is 24.7 Å². The minimum Gasteiger partial charge on any atom is -0.506 e. The summed E-state index contributed by atoms with van der Waals surface area (Å²) in [6.45, 7) is 3.06. The zero-order valence-electron chi connectivity index (χ0n) is 41.3. The van der Waals surface area contributed by atoms with E-state index in [1.807, 2.05) is 0 Å². The van der Waals surface area contributed by atoms with E-state index < -0.39 is 121 Å². The number of amides is 3. The Morgan fingerprint density at radius 3 is 0.887 bits per heavy atom. The summed E-state index contributed by atoms with van der Waals surface area (Å²) in [5, 5.41) is 50.0. The first-order valence-corrected chi connectivity index (χ1v) is 22.9. The number of ether oxygens (including phenoxy) is 1. The monoisotopic (exact) mass is 1130 g/mol. The first kappa shape index (κ1) is 59.8. The fraction of sp³-hybridized carbons (Fsp3) is 0.164. The van der Waals surface area contributed by atoms with Gasteiger partial charge in [-0.1, -0.05) is 42.5 Å². The Morgan fingerprint density at radius 1 is 0.375 bits per heavy atom. The summed E-state index contributed by atoms with van der Waals surface area (Å²) in [5.74, 6) is -6.42. The van der Waals surface area contributed by atoms with E-state index >= 15 is 26.3 Å². The second-order valence-corrected chi connectivity index (χ2v) is 17.5. The number of alkyl halides is 12. The van der Waals surface area contributed by atoms with Crippen LogP contribution in [0.25, 0.3) is 0 Å². The number of nitrogens with one attached hydrogen (secondary N) is 4. The Hall–Kier alpha value is -9.42. The van der Waals surface area contributed by atoms with Gasteiger partial charge in [-0.25, -0.2) is 0 Å². The third kappa shape index (κ3) is 12.1. The van der Waals surface area contributed by atoms with Gasteiger partial charge in [0.2, 0.25) is 10.8 Å². The van der Waals surface area contributed by atoms with Crippen LogP contribution in [0, 0.1) is 0 Å². The molecule has 0 saturated heterocycles. The van der Waals surface area contributed by atoms with E-state index in [0.717, 1.165) is 31.3 Å². The molecule has 0 aliphatic rings. The van der Waals surface area contributed by atoms with Gasteiger partial charge in [-0.05, 0) is 145 Å². The van der Waals surface area contributed by atoms with Crippen molar-refractivity contribution in [1.82, 2.24) is 0 Å². The van der Waals surface area contributed by atoms with E-state index in [1.54, 1.807) is 0 Å². The highest BCUT2D eigenvalue weighted by molar-refractivity contribution is 6.06. The van der Waals surface area contributed by atoms with Gasteiger partial charge in [0, 0.05) is 23.7 Å². The van der Waals surface area contributed by atoms with Crippen molar-refractivity contribution < 1.29 is 97.0 Å². The molecule has 0 aromatic heterocycles. The number of rotatable bonds is 13. The highest BCUT2D eigenvalue weighted by Crippen LogP contribution is 2.59. The fourth-order valence-corrected chi connectivity index (χ4v) is 8.20. The lowest BCUT2D eigenvalue weighted by molar-refractivity contribution is -0.290. The van der Waals surface area contributed by atoms with Crippen LogP contribution in [0.4, 0.5) is 75.4 Å². The molecular weight excluding hydrogens is 1090 g/mol. The third-order valence-electron chi connectivity index (χ3n) is 11.9. The number of ketones is 1. The van der Waals surface area contributed by atoms with Gasteiger partial charge in [-0.2, -0.15) is 52.7 Å². The lowest BCUT2D eigenvalue weighted by Crippen LogP contribution is -2.54. The van der Waals surface area contributed by atoms with Crippen molar-refractivity contribution in [1.29, 1.82) is 0 Å². The van der Waals surface area contributed by atoms with Crippen LogP contribution in [-0.4, -0.2) is 75.7 Å². The van der Waals surface area contributed by atoms with Gasteiger partial charge < -0.3 is 51.2 Å². The standard InChI is InChI=1S/C52H36F12N4O8.C3H6O/c1-65-36-23-30(11-19-40(36)69)47(49(53,54)55,50(56,57)58)31-12-20-42(71)38(24-31)67-45(74)28-7-15-34(16-8-28)76-35-17-9-29(10-18-35)46(75)68-39-26-33(14-22-43(39)72)48(51(59,60)61,52(62,63)64)32-13-21-41(70)37(25-32)66-44(73)27-5-3-2-4-6-27;1-3(2)4/h2-26,65,69-72H,1H3,(H,66,73)(H,67,74)(H,68,75);1-2H3. The number of halogens is 12. The number of anilines is 4. The van der Waals surface area contributed by atoms with E-state index in [0.29, 0.717) is 66.7 Å². The van der Waals surface area contributed by atoms with Gasteiger partial charge in [0.25, 0.3) is 17.7 Å². The number of aromatic hydroxyl groups is 4. The van der Waals surface area contributed by atoms with Gasteiger partial charge in [-0.15, -0.1) is 0 Å². The average Bonchev–Trinajstić information content (AvgIpc) is 2.95. The predicted molar refractivity (Wildman–Crippen MR) is 267 cm³/mol. The lowest BCUT2D eigenvalue weighted by atomic mass is 9.72. The number of carbonyl (C=O) groups excluding carboxylic acids is 4. The minimum atomic E-state index is -6.19. The summed E-state index contributed by atoms with van der Waals surface area (Å²) in [4.78, 5) is 48.8. The molecule has 3 amide bonds. The Morgan fingerprint density at radius 2 is 0.625 bits per heavy atom. The first-order valence-electron chi connectivity index (χ1n) is 22.9. The van der Waals surface area contributed by atoms with Crippen molar-refractivity contribution in [3.63, 3.8) is 0 Å². The number of phenolic OH excluding ortho intramolecular Hbond substituents is 4. The van der Waals surface area contributed by atoms with Crippen LogP contribution in [-0.2, 0) is 15.6 Å². The predicted octanol–water partition coefficient (Wildman–Crippen LogP) is 13.5. The number of hydrogen-bond donors (Lipinski definition) is 8. The Bertz CT molecular complexity index is 3390. The van der Waals surface area contributed by atoms with Crippen molar-refractivity contribution in [2.24, 2.45) is 0 Å². The van der Waals surface area contributed by atoms with Crippen molar-refractivity contribution in [2.75, 3.05) is 28.3 Å². The molecule has 7 aromatic rings. The van der Waals surface area contributed by atoms with Crippen molar-refractivity contribution in [2.45, 2.75) is 49.4 Å². The SMILES string of the molecule is CC(C)=O.CNc1cc(C(c2ccc(O)c(NC(=O)c3ccc(Oc4ccc(C(=O)Nc5cc(C(c6ccc(O)c(NC(=O)c7ccccc7)c6)(C(F)(F)F)C(F)(F)F)ccc5O)cc4)cc3)c2)(C(F)(F)F)C(F)(F)F)ccc1O. The van der Waals surface area contributed by atoms with Crippen LogP contribution >= 0.6 is 0 Å². The topological polar surface area (TPSA) is 207 Å². The van der Waals surface area contributed by atoms with Gasteiger partial charge in [-0.3, -0.25) is 14.4 Å². The highest BCUT2D eigenvalue weighted by Gasteiger charge is 2.74. The second-order valence-electron chi connectivity index (χ2n) is 17.5. The molecule has 0 fully saturated rings. The van der Waals surface area contributed by atoms with Crippen molar-refractivity contribution >= 4 is 46.3 Å². The summed E-state index contributed by atoms with van der Waals surface area (Å²) in [5.41, 5.74) is -19.0. The largest absolute Gasteiger partial charge is 0.506 e. The van der Waals surface area contributed by atoms with E-state index in [1.165, 1.54) is 68.4 Å². The normalized spacial score (nSPS) is 12.1. The van der Waals surface area contributed by atoms with Crippen LogP contribution in [0.5, 0.6) is 34.5 Å². The smallest absolute Gasteiger partial charge is 0.411 e. The second kappa shape index (κ2) is 22.9. The molecular formula is C55H42F12N4O9. The fourth-order valence-electron chi connectivity index (χ4n) is 8.20. The molecule has 0 heterocycles. The zero-order valence-corrected chi connectivity index (χ0v) is 41.3. The van der Waals surface area contributed by atoms with Crippen LogP contribution < -0.4 is 26.0 Å². The van der Waals surface area contributed by atoms with Crippen LogP contribution in [0.1, 0.15) is 67.2 Å². The molecule has 13 nitrogen and oxygen atoms in total. The Kier molecular flexibility index (Phi) is 17.1. The zero-order chi connectivity index (χ0) is 59.3. The summed E-state index contributed by atoms with van der Waals surface area (Å²) < 4.78 is 186. The molecule has 0 atom stereocenters. The molecule has 0 spiro atoms. The van der Waals surface area contributed by atoms with E-state index in [4.69, 9.17) is 4.74 Å². The van der Waals surface area contributed by atoms with E-state index in [9.17, 15) is 65.9 Å². The number of carbonyl (C=O) groups is 4. The Labute approximate surface area is 445 Å². The first-order chi connectivity index (χ1) is 37.3. The van der Waals surface area contributed by atoms with Gasteiger partial charge in [0.05, 0.1) is 22.7 Å². The number of Topliss-reactive ketones (excluding diaryl/α,β-unsaturated/α-hetero) is 1. The highest BCUT2D eigenvalue weighted by atomic mass is 19.4. The maximum absolute atomic E-state index is 15.2. The molecule has 0 unspecified atom stereocenters. The van der Waals surface area contributed by atoms with Crippen LogP contribution in [0.2, 0.25) is 0 Å². The molecule has 0 saturated carbocycles. The third-order valence-corrected chi connectivity index (χ3v) is 11.9. The molecule has 0 bridgehead atoms. The quantitative estimate of drug-likeness (QED) is 0.0405. The van der Waals surface area contributed by atoms with Crippen LogP contribution in [0.3, 0.4) is 0 Å². The van der Waals surface area contributed by atoms with Gasteiger partial charge in [0.1, 0.15) is 40.3 Å². The maximum Gasteiger partial charge on any atom is 0.411 e. The molecule has 420 valence electrons. The average molecular weight is 1130 g/mol. The Balaban J connectivity index is 0.00000249. The maximum atomic E-state index is 15.2. The molecule has 0 aliphatic carbocycles. The number of phenols is 4. The van der Waals surface area contributed by atoms with E-state index in [2.05, 4.69) is 21.3 Å². The summed E-state index contributed by atoms with van der Waals surface area (Å²) in [6.07, 6.45) is -24.5. The number of benzene rings is 7. The molecule has 7 aromatic carbocycles. The number of hydrogen-bond acceptors (Lipinski definition) is 10. The summed E-state index contributed by atoms with van der Waals surface area (Å²) >= 11 is 0. The van der Waals surface area contributed by atoms with Gasteiger partial charge in [0.15, 0.2) is 0 Å². The molecule has 7 rings (SSSR count).